The molecule has 5 heteroatoms. The monoisotopic (exact) mass is 334 g/mol. The van der Waals surface area contributed by atoms with Crippen LogP contribution in [0.25, 0.3) is 0 Å². The molecular weight excluding hydrogens is 330 g/mol. The molecule has 0 saturated heterocycles. The van der Waals surface area contributed by atoms with Crippen LogP contribution in [0.3, 0.4) is 0 Å². The number of hydrogen-bond donors (Lipinski definition) is 0. The van der Waals surface area contributed by atoms with Crippen LogP contribution in [-0.2, 0) is 6.42 Å². The van der Waals surface area contributed by atoms with Crippen molar-refractivity contribution < 1.29 is 0 Å². The van der Waals surface area contributed by atoms with E-state index in [9.17, 15) is 0 Å². The fourth-order valence-electron chi connectivity index (χ4n) is 1.10. The second-order valence-electron chi connectivity index (χ2n) is 2.80. The van der Waals surface area contributed by atoms with E-state index < -0.39 is 0 Å². The first-order valence-electron chi connectivity index (χ1n) is 3.88. The minimum atomic E-state index is 0.483. The number of hydrogen-bond acceptors (Lipinski definition) is 0. The van der Waals surface area contributed by atoms with E-state index in [4.69, 9.17) is 46.4 Å². The lowest BCUT2D eigenvalue weighted by molar-refractivity contribution is 1.16. The summed E-state index contributed by atoms with van der Waals surface area (Å²) in [6.45, 7) is 1.79. The van der Waals surface area contributed by atoms with Crippen molar-refractivity contribution in [2.75, 3.05) is 5.33 Å². The van der Waals surface area contributed by atoms with E-state index in [1.165, 1.54) is 0 Å². The maximum absolute atomic E-state index is 6.06. The third kappa shape index (κ3) is 2.33. The lowest BCUT2D eigenvalue weighted by Gasteiger charge is -2.12. The van der Waals surface area contributed by atoms with Gasteiger partial charge in [-0.15, -0.1) is 0 Å². The van der Waals surface area contributed by atoms with Gasteiger partial charge in [-0.05, 0) is 24.5 Å². The van der Waals surface area contributed by atoms with E-state index in [-0.39, 0.29) is 0 Å². The Morgan fingerprint density at radius 3 is 1.71 bits per heavy atom. The molecule has 0 aliphatic heterocycles. The van der Waals surface area contributed by atoms with Crippen LogP contribution >= 0.6 is 62.3 Å². The van der Waals surface area contributed by atoms with Crippen LogP contribution in [0.4, 0.5) is 0 Å². The maximum Gasteiger partial charge on any atom is 0.0643 e. The van der Waals surface area contributed by atoms with Crippen molar-refractivity contribution in [2.24, 2.45) is 0 Å². The van der Waals surface area contributed by atoms with Gasteiger partial charge in [0.1, 0.15) is 0 Å². The average molecular weight is 337 g/mol. The van der Waals surface area contributed by atoms with Crippen molar-refractivity contribution in [3.8, 4) is 0 Å². The minimum absolute atomic E-state index is 0.483. The molecule has 0 atom stereocenters. The van der Waals surface area contributed by atoms with E-state index in [0.717, 1.165) is 16.5 Å². The SMILES string of the molecule is Cc1c(Cl)c(Cl)c(CCBr)c(Cl)c1Cl. The molecular formula is C9H7BrCl4. The van der Waals surface area contributed by atoms with Crippen molar-refractivity contribution in [2.45, 2.75) is 13.3 Å². The molecule has 0 bridgehead atoms. The van der Waals surface area contributed by atoms with Gasteiger partial charge < -0.3 is 0 Å². The highest BCUT2D eigenvalue weighted by atomic mass is 79.9. The normalized spacial score (nSPS) is 10.7. The van der Waals surface area contributed by atoms with Gasteiger partial charge >= 0.3 is 0 Å². The molecule has 0 aliphatic rings. The number of benzene rings is 1. The van der Waals surface area contributed by atoms with Crippen molar-refractivity contribution >= 4 is 62.3 Å². The maximum atomic E-state index is 6.06. The van der Waals surface area contributed by atoms with Gasteiger partial charge in [0.15, 0.2) is 0 Å². The number of alkyl halides is 1. The van der Waals surface area contributed by atoms with Crippen LogP contribution < -0.4 is 0 Å². The summed E-state index contributed by atoms with van der Waals surface area (Å²) in [6, 6.07) is 0. The molecule has 0 radical (unpaired) electrons. The Labute approximate surface area is 112 Å². The van der Waals surface area contributed by atoms with Gasteiger partial charge in [-0.1, -0.05) is 62.3 Å². The van der Waals surface area contributed by atoms with E-state index in [0.29, 0.717) is 26.5 Å². The minimum Gasteiger partial charge on any atom is -0.0924 e. The van der Waals surface area contributed by atoms with E-state index in [1.54, 1.807) is 6.92 Å². The predicted molar refractivity (Wildman–Crippen MR) is 68.7 cm³/mol. The molecule has 0 unspecified atom stereocenters. The van der Waals surface area contributed by atoms with Crippen LogP contribution in [-0.4, -0.2) is 5.33 Å². The molecule has 1 rings (SSSR count). The summed E-state index contributed by atoms with van der Waals surface area (Å²) in [5, 5.41) is 2.73. The van der Waals surface area contributed by atoms with E-state index >= 15 is 0 Å². The zero-order chi connectivity index (χ0) is 10.9. The Morgan fingerprint density at radius 2 is 1.36 bits per heavy atom. The Kier molecular flexibility index (Phi) is 4.86. The fourth-order valence-corrected chi connectivity index (χ4v) is 2.67. The van der Waals surface area contributed by atoms with Gasteiger partial charge in [-0.2, -0.15) is 0 Å². The first-order chi connectivity index (χ1) is 6.50. The van der Waals surface area contributed by atoms with Crippen LogP contribution in [0.2, 0.25) is 20.1 Å². The molecule has 14 heavy (non-hydrogen) atoms. The van der Waals surface area contributed by atoms with Gasteiger partial charge in [-0.3, -0.25) is 0 Å². The topological polar surface area (TPSA) is 0 Å². The summed E-state index contributed by atoms with van der Waals surface area (Å²) in [6.07, 6.45) is 0.706. The van der Waals surface area contributed by atoms with Crippen LogP contribution in [0.5, 0.6) is 0 Å². The van der Waals surface area contributed by atoms with Gasteiger partial charge in [0.2, 0.25) is 0 Å². The zero-order valence-corrected chi connectivity index (χ0v) is 11.9. The van der Waals surface area contributed by atoms with E-state index in [2.05, 4.69) is 15.9 Å². The van der Waals surface area contributed by atoms with Crippen molar-refractivity contribution in [1.29, 1.82) is 0 Å². The standard InChI is InChI=1S/C9H7BrCl4/c1-4-6(11)8(13)5(2-3-10)9(14)7(4)12/h2-3H2,1H3. The summed E-state index contributed by atoms with van der Waals surface area (Å²) < 4.78 is 0. The highest BCUT2D eigenvalue weighted by Gasteiger charge is 2.16. The lowest BCUT2D eigenvalue weighted by Crippen LogP contribution is -1.94. The first kappa shape index (κ1) is 12.9. The van der Waals surface area contributed by atoms with Gasteiger partial charge in [0.25, 0.3) is 0 Å². The van der Waals surface area contributed by atoms with Crippen LogP contribution in [0.1, 0.15) is 11.1 Å². The fraction of sp³-hybridized carbons (Fsp3) is 0.333. The highest BCUT2D eigenvalue weighted by Crippen LogP contribution is 2.40. The third-order valence-corrected chi connectivity index (χ3v) is 4.29. The summed E-state index contributed by atoms with van der Waals surface area (Å²) in [4.78, 5) is 0. The Bertz CT molecular complexity index is 333. The molecule has 0 fully saturated rings. The quantitative estimate of drug-likeness (QED) is 0.491. The Balaban J connectivity index is 3.43. The van der Waals surface area contributed by atoms with Crippen molar-refractivity contribution in [3.63, 3.8) is 0 Å². The summed E-state index contributed by atoms with van der Waals surface area (Å²) in [7, 11) is 0. The Morgan fingerprint density at radius 1 is 0.929 bits per heavy atom. The summed E-state index contributed by atoms with van der Waals surface area (Å²) in [5.74, 6) is 0. The smallest absolute Gasteiger partial charge is 0.0643 e. The zero-order valence-electron chi connectivity index (χ0n) is 7.30. The van der Waals surface area contributed by atoms with Crippen molar-refractivity contribution in [3.05, 3.63) is 31.2 Å². The second-order valence-corrected chi connectivity index (χ2v) is 5.10. The average Bonchev–Trinajstić information content (AvgIpc) is 2.19. The number of rotatable bonds is 2. The molecule has 0 heterocycles. The molecule has 0 spiro atoms. The lowest BCUT2D eigenvalue weighted by atomic mass is 10.1. The molecule has 0 amide bonds. The van der Waals surface area contributed by atoms with Gasteiger partial charge in [0, 0.05) is 5.33 Å². The van der Waals surface area contributed by atoms with E-state index in [1.807, 2.05) is 0 Å². The molecule has 0 N–H and O–H groups in total. The van der Waals surface area contributed by atoms with Crippen LogP contribution in [0, 0.1) is 6.92 Å². The highest BCUT2D eigenvalue weighted by molar-refractivity contribution is 9.09. The molecule has 78 valence electrons. The number of halogens is 5. The summed E-state index contributed by atoms with van der Waals surface area (Å²) in [5.41, 5.74) is 1.52. The van der Waals surface area contributed by atoms with Crippen LogP contribution in [0.15, 0.2) is 0 Å². The first-order valence-corrected chi connectivity index (χ1v) is 6.51. The largest absolute Gasteiger partial charge is 0.0924 e. The molecule has 1 aromatic rings. The molecule has 1 aromatic carbocycles. The third-order valence-electron chi connectivity index (χ3n) is 1.92. The van der Waals surface area contributed by atoms with Gasteiger partial charge in [-0.25, -0.2) is 0 Å². The molecule has 0 saturated carbocycles. The van der Waals surface area contributed by atoms with Gasteiger partial charge in [0.05, 0.1) is 20.1 Å². The predicted octanol–water partition coefficient (Wildman–Crippen LogP) is 5.55. The van der Waals surface area contributed by atoms with Crippen molar-refractivity contribution in [1.82, 2.24) is 0 Å². The second kappa shape index (κ2) is 5.27. The Hall–Kier alpha value is 0.860. The molecule has 0 aliphatic carbocycles. The molecule has 0 aromatic heterocycles. The molecule has 0 nitrogen and oxygen atoms in total. The summed E-state index contributed by atoms with van der Waals surface area (Å²) >= 11 is 27.4.